The molecule has 0 radical (unpaired) electrons. The Morgan fingerprint density at radius 2 is 1.78 bits per heavy atom. The minimum absolute atomic E-state index is 0.000369. The first kappa shape index (κ1) is 20.6. The second kappa shape index (κ2) is 8.68. The van der Waals surface area contributed by atoms with Crippen molar-refractivity contribution >= 4 is 28.5 Å². The quantitative estimate of drug-likeness (QED) is 0.621. The van der Waals surface area contributed by atoms with E-state index in [9.17, 15) is 4.79 Å². The van der Waals surface area contributed by atoms with Gasteiger partial charge in [0.25, 0.3) is 5.91 Å². The van der Waals surface area contributed by atoms with E-state index in [1.807, 2.05) is 30.0 Å². The fourth-order valence-electron chi connectivity index (χ4n) is 4.76. The summed E-state index contributed by atoms with van der Waals surface area (Å²) in [6.07, 6.45) is 5.05. The molecule has 168 valence electrons. The van der Waals surface area contributed by atoms with E-state index in [4.69, 9.17) is 9.15 Å². The summed E-state index contributed by atoms with van der Waals surface area (Å²) in [6, 6.07) is 8.05. The number of rotatable bonds is 4. The maximum absolute atomic E-state index is 13.6. The maximum Gasteiger partial charge on any atom is 0.258 e. The van der Waals surface area contributed by atoms with Crippen molar-refractivity contribution in [2.24, 2.45) is 0 Å². The molecule has 8 heteroatoms. The molecule has 4 heterocycles. The van der Waals surface area contributed by atoms with Gasteiger partial charge in [-0.3, -0.25) is 4.79 Å². The first-order valence-corrected chi connectivity index (χ1v) is 11.3. The highest BCUT2D eigenvalue weighted by Crippen LogP contribution is 2.33. The molecule has 1 aromatic carbocycles. The van der Waals surface area contributed by atoms with Crippen molar-refractivity contribution in [3.63, 3.8) is 0 Å². The van der Waals surface area contributed by atoms with Crippen LogP contribution in [-0.4, -0.2) is 67.2 Å². The molecule has 2 aliphatic heterocycles. The molecule has 2 fully saturated rings. The Labute approximate surface area is 187 Å². The summed E-state index contributed by atoms with van der Waals surface area (Å²) in [6.45, 7) is 6.57. The number of hydrogen-bond donors (Lipinski definition) is 0. The van der Waals surface area contributed by atoms with E-state index in [0.29, 0.717) is 30.1 Å². The second-order valence-electron chi connectivity index (χ2n) is 8.44. The number of piperidine rings is 1. The van der Waals surface area contributed by atoms with Gasteiger partial charge >= 0.3 is 0 Å². The number of anilines is 2. The Morgan fingerprint density at radius 3 is 2.53 bits per heavy atom. The number of nitrogens with zero attached hydrogens (tertiary/aromatic N) is 5. The average Bonchev–Trinajstić information content (AvgIpc) is 3.20. The minimum atomic E-state index is -0.000369. The third-order valence-corrected chi connectivity index (χ3v) is 6.50. The number of carbonyl (C=O) groups is 1. The van der Waals surface area contributed by atoms with Gasteiger partial charge in [-0.1, -0.05) is 6.07 Å². The number of fused-ring (bicyclic) bond motifs is 1. The van der Waals surface area contributed by atoms with Crippen LogP contribution in [0.1, 0.15) is 35.4 Å². The van der Waals surface area contributed by atoms with Gasteiger partial charge in [-0.2, -0.15) is 0 Å². The number of aromatic nitrogens is 2. The molecule has 0 unspecified atom stereocenters. The average molecular weight is 436 g/mol. The lowest BCUT2D eigenvalue weighted by molar-refractivity contribution is 0.0746. The van der Waals surface area contributed by atoms with Crippen LogP contribution in [0.25, 0.3) is 11.1 Å². The number of carbonyl (C=O) groups excluding carboxylic acids is 1. The van der Waals surface area contributed by atoms with Crippen molar-refractivity contribution in [1.82, 2.24) is 14.9 Å². The molecule has 0 aliphatic carbocycles. The lowest BCUT2D eigenvalue weighted by Crippen LogP contribution is -2.49. The predicted octanol–water partition coefficient (Wildman–Crippen LogP) is 3.49. The Hall–Kier alpha value is -3.29. The third kappa shape index (κ3) is 3.74. The van der Waals surface area contributed by atoms with Crippen molar-refractivity contribution in [2.75, 3.05) is 56.2 Å². The fraction of sp³-hybridized carbons (Fsp3) is 0.458. The molecule has 3 aromatic rings. The van der Waals surface area contributed by atoms with Gasteiger partial charge in [0.15, 0.2) is 0 Å². The summed E-state index contributed by atoms with van der Waals surface area (Å²) < 4.78 is 11.3. The van der Waals surface area contributed by atoms with E-state index >= 15 is 0 Å². The normalized spacial score (nSPS) is 17.1. The van der Waals surface area contributed by atoms with E-state index in [0.717, 1.165) is 61.7 Å². The van der Waals surface area contributed by atoms with Crippen LogP contribution < -0.4 is 14.5 Å². The molecule has 8 nitrogen and oxygen atoms in total. The monoisotopic (exact) mass is 435 g/mol. The van der Waals surface area contributed by atoms with Gasteiger partial charge < -0.3 is 23.9 Å². The summed E-state index contributed by atoms with van der Waals surface area (Å²) in [5, 5.41) is 0.757. The molecule has 2 saturated heterocycles. The van der Waals surface area contributed by atoms with Crippen LogP contribution in [0.3, 0.4) is 0 Å². The van der Waals surface area contributed by atoms with E-state index in [1.165, 1.54) is 12.7 Å². The highest BCUT2D eigenvalue weighted by molar-refractivity contribution is 6.10. The number of furan rings is 1. The highest BCUT2D eigenvalue weighted by atomic mass is 16.5. The van der Waals surface area contributed by atoms with E-state index in [-0.39, 0.29) is 5.91 Å². The SMILES string of the molecule is COc1cccc(N2CCN(C(=O)c3c(C)oc4ncnc(N5CCCCC5)c34)CC2)c1. The van der Waals surface area contributed by atoms with E-state index in [1.54, 1.807) is 7.11 Å². The lowest BCUT2D eigenvalue weighted by Gasteiger charge is -2.36. The zero-order valence-electron chi connectivity index (χ0n) is 18.7. The number of aryl methyl sites for hydroxylation is 1. The number of hydrogen-bond acceptors (Lipinski definition) is 7. The van der Waals surface area contributed by atoms with Crippen molar-refractivity contribution in [2.45, 2.75) is 26.2 Å². The summed E-state index contributed by atoms with van der Waals surface area (Å²) in [7, 11) is 1.68. The molecule has 0 saturated carbocycles. The molecule has 5 rings (SSSR count). The smallest absolute Gasteiger partial charge is 0.258 e. The summed E-state index contributed by atoms with van der Waals surface area (Å²) in [5.74, 6) is 2.27. The number of methoxy groups -OCH3 is 1. The van der Waals surface area contributed by atoms with Gasteiger partial charge in [-0.15, -0.1) is 0 Å². The van der Waals surface area contributed by atoms with Gasteiger partial charge in [0.2, 0.25) is 5.71 Å². The van der Waals surface area contributed by atoms with Crippen molar-refractivity contribution < 1.29 is 13.9 Å². The Morgan fingerprint density at radius 1 is 1.00 bits per heavy atom. The van der Waals surface area contributed by atoms with Crippen LogP contribution in [0.4, 0.5) is 11.5 Å². The van der Waals surface area contributed by atoms with Crippen LogP contribution in [0.15, 0.2) is 35.0 Å². The standard InChI is InChI=1S/C24H29N5O3/c1-17-20(21-22(25-16-26-23(21)32-17)28-9-4-3-5-10-28)24(30)29-13-11-27(12-14-29)18-7-6-8-19(15-18)31-2/h6-8,15-16H,3-5,9-14H2,1-2H3. The first-order valence-electron chi connectivity index (χ1n) is 11.3. The third-order valence-electron chi connectivity index (χ3n) is 6.50. The minimum Gasteiger partial charge on any atom is -0.497 e. The zero-order valence-corrected chi connectivity index (χ0v) is 18.7. The molecule has 2 aromatic heterocycles. The largest absolute Gasteiger partial charge is 0.497 e. The summed E-state index contributed by atoms with van der Waals surface area (Å²) in [4.78, 5) is 29.0. The van der Waals surface area contributed by atoms with Crippen LogP contribution in [0.2, 0.25) is 0 Å². The summed E-state index contributed by atoms with van der Waals surface area (Å²) >= 11 is 0. The van der Waals surface area contributed by atoms with Crippen LogP contribution in [-0.2, 0) is 0 Å². The van der Waals surface area contributed by atoms with Crippen LogP contribution >= 0.6 is 0 Å². The van der Waals surface area contributed by atoms with Gasteiger partial charge in [0.1, 0.15) is 23.7 Å². The molecule has 0 spiro atoms. The number of amides is 1. The summed E-state index contributed by atoms with van der Waals surface area (Å²) in [5.41, 5.74) is 2.22. The van der Waals surface area contributed by atoms with Crippen molar-refractivity contribution in [3.8, 4) is 5.75 Å². The Balaban J connectivity index is 1.39. The first-order chi connectivity index (χ1) is 15.7. The molecule has 1 amide bonds. The van der Waals surface area contributed by atoms with Gasteiger partial charge in [-0.25, -0.2) is 9.97 Å². The highest BCUT2D eigenvalue weighted by Gasteiger charge is 2.30. The van der Waals surface area contributed by atoms with Gasteiger partial charge in [-0.05, 0) is 38.3 Å². The second-order valence-corrected chi connectivity index (χ2v) is 8.44. The number of piperazine rings is 1. The molecular formula is C24H29N5O3. The van der Waals surface area contributed by atoms with Crippen molar-refractivity contribution in [1.29, 1.82) is 0 Å². The predicted molar refractivity (Wildman–Crippen MR) is 124 cm³/mol. The van der Waals surface area contributed by atoms with Gasteiger partial charge in [0.05, 0.1) is 18.1 Å². The molecule has 0 atom stereocenters. The fourth-order valence-corrected chi connectivity index (χ4v) is 4.76. The molecular weight excluding hydrogens is 406 g/mol. The van der Waals surface area contributed by atoms with Crippen LogP contribution in [0, 0.1) is 6.92 Å². The van der Waals surface area contributed by atoms with Crippen LogP contribution in [0.5, 0.6) is 5.75 Å². The lowest BCUT2D eigenvalue weighted by atomic mass is 10.1. The van der Waals surface area contributed by atoms with Gasteiger partial charge in [0, 0.05) is 51.0 Å². The number of benzene rings is 1. The van der Waals surface area contributed by atoms with Crippen molar-refractivity contribution in [3.05, 3.63) is 41.9 Å². The Kier molecular flexibility index (Phi) is 5.59. The Bertz CT molecular complexity index is 1110. The number of ether oxygens (including phenoxy) is 1. The van der Waals surface area contributed by atoms with E-state index in [2.05, 4.69) is 25.8 Å². The topological polar surface area (TPSA) is 74.9 Å². The van der Waals surface area contributed by atoms with E-state index < -0.39 is 0 Å². The molecule has 32 heavy (non-hydrogen) atoms. The molecule has 2 aliphatic rings. The maximum atomic E-state index is 13.6. The zero-order chi connectivity index (χ0) is 22.1. The molecule has 0 bridgehead atoms. The molecule has 0 N–H and O–H groups in total.